The minimum Gasteiger partial charge on any atom is -0.454 e. The molecule has 0 radical (unpaired) electrons. The average Bonchev–Trinajstić information content (AvgIpc) is 2.90. The summed E-state index contributed by atoms with van der Waals surface area (Å²) in [5, 5.41) is 0. The first-order chi connectivity index (χ1) is 8.11. The molecule has 90 valence electrons. The Balaban J connectivity index is 2.00. The molecule has 0 aromatic heterocycles. The maximum absolute atomic E-state index is 5.82. The van der Waals surface area contributed by atoms with Gasteiger partial charge in [-0.05, 0) is 24.6 Å². The molecule has 0 amide bonds. The van der Waals surface area contributed by atoms with E-state index in [4.69, 9.17) is 15.2 Å². The van der Waals surface area contributed by atoms with Gasteiger partial charge in [-0.15, -0.1) is 0 Å². The molecular formula is C12H15N3O2. The molecule has 3 rings (SSSR count). The van der Waals surface area contributed by atoms with Gasteiger partial charge in [-0.2, -0.15) is 0 Å². The molecule has 1 unspecified atom stereocenters. The van der Waals surface area contributed by atoms with Gasteiger partial charge in [0.25, 0.3) is 0 Å². The SMILES string of the molecule is CN1C(N)=NCC1(C)c1ccc2c(c1)OCO2. The van der Waals surface area contributed by atoms with E-state index in [1.807, 2.05) is 30.1 Å². The van der Waals surface area contributed by atoms with Gasteiger partial charge in [-0.3, -0.25) is 4.99 Å². The number of hydrogen-bond donors (Lipinski definition) is 1. The first-order valence-electron chi connectivity index (χ1n) is 5.55. The van der Waals surface area contributed by atoms with Gasteiger partial charge in [0.05, 0.1) is 12.1 Å². The van der Waals surface area contributed by atoms with Crippen LogP contribution in [0.2, 0.25) is 0 Å². The summed E-state index contributed by atoms with van der Waals surface area (Å²) in [5.74, 6) is 2.17. The summed E-state index contributed by atoms with van der Waals surface area (Å²) < 4.78 is 10.7. The predicted octanol–water partition coefficient (Wildman–Crippen LogP) is 0.891. The smallest absolute Gasteiger partial charge is 0.231 e. The summed E-state index contributed by atoms with van der Waals surface area (Å²) in [6.45, 7) is 3.08. The second-order valence-corrected chi connectivity index (χ2v) is 4.58. The van der Waals surface area contributed by atoms with Gasteiger partial charge in [-0.1, -0.05) is 6.07 Å². The van der Waals surface area contributed by atoms with Gasteiger partial charge in [0, 0.05) is 7.05 Å². The fourth-order valence-electron chi connectivity index (χ4n) is 2.22. The van der Waals surface area contributed by atoms with Gasteiger partial charge in [0.1, 0.15) is 0 Å². The van der Waals surface area contributed by atoms with Crippen LogP contribution in [0.4, 0.5) is 0 Å². The van der Waals surface area contributed by atoms with Gasteiger partial charge >= 0.3 is 0 Å². The van der Waals surface area contributed by atoms with Crippen molar-refractivity contribution in [1.82, 2.24) is 4.90 Å². The fraction of sp³-hybridized carbons (Fsp3) is 0.417. The highest BCUT2D eigenvalue weighted by Crippen LogP contribution is 2.38. The normalized spacial score (nSPS) is 26.2. The Morgan fingerprint density at radius 2 is 2.12 bits per heavy atom. The van der Waals surface area contributed by atoms with Crippen LogP contribution in [0.15, 0.2) is 23.2 Å². The average molecular weight is 233 g/mol. The Labute approximate surface area is 99.8 Å². The van der Waals surface area contributed by atoms with Crippen molar-refractivity contribution in [3.8, 4) is 11.5 Å². The molecule has 2 aliphatic rings. The van der Waals surface area contributed by atoms with E-state index in [0.29, 0.717) is 19.3 Å². The summed E-state index contributed by atoms with van der Waals surface area (Å²) in [4.78, 5) is 6.28. The molecule has 0 spiro atoms. The second-order valence-electron chi connectivity index (χ2n) is 4.58. The molecular weight excluding hydrogens is 218 g/mol. The molecule has 1 aromatic rings. The maximum atomic E-state index is 5.82. The zero-order chi connectivity index (χ0) is 12.0. The van der Waals surface area contributed by atoms with E-state index in [1.54, 1.807) is 0 Å². The lowest BCUT2D eigenvalue weighted by molar-refractivity contribution is 0.173. The second kappa shape index (κ2) is 3.29. The molecule has 0 saturated carbocycles. The van der Waals surface area contributed by atoms with Crippen molar-refractivity contribution in [1.29, 1.82) is 0 Å². The topological polar surface area (TPSA) is 60.1 Å². The van der Waals surface area contributed by atoms with Gasteiger partial charge in [0.15, 0.2) is 17.5 Å². The molecule has 2 aliphatic heterocycles. The minimum absolute atomic E-state index is 0.203. The van der Waals surface area contributed by atoms with Crippen molar-refractivity contribution in [2.24, 2.45) is 10.7 Å². The van der Waals surface area contributed by atoms with Crippen molar-refractivity contribution in [2.75, 3.05) is 20.4 Å². The first kappa shape index (κ1) is 10.3. The fourth-order valence-corrected chi connectivity index (χ4v) is 2.22. The van der Waals surface area contributed by atoms with Crippen LogP contribution in [0.3, 0.4) is 0 Å². The highest BCUT2D eigenvalue weighted by Gasteiger charge is 2.37. The molecule has 1 atom stereocenters. The Morgan fingerprint density at radius 3 is 2.82 bits per heavy atom. The van der Waals surface area contributed by atoms with Crippen LogP contribution < -0.4 is 15.2 Å². The quantitative estimate of drug-likeness (QED) is 0.782. The lowest BCUT2D eigenvalue weighted by Crippen LogP contribution is -2.44. The monoisotopic (exact) mass is 233 g/mol. The number of nitrogens with two attached hydrogens (primary N) is 1. The van der Waals surface area contributed by atoms with Crippen LogP contribution in [-0.2, 0) is 5.54 Å². The highest BCUT2D eigenvalue weighted by atomic mass is 16.7. The molecule has 1 aromatic carbocycles. The predicted molar refractivity (Wildman–Crippen MR) is 64.2 cm³/mol. The van der Waals surface area contributed by atoms with Crippen molar-refractivity contribution in [2.45, 2.75) is 12.5 Å². The van der Waals surface area contributed by atoms with Crippen molar-refractivity contribution >= 4 is 5.96 Å². The van der Waals surface area contributed by atoms with E-state index in [1.165, 1.54) is 0 Å². The van der Waals surface area contributed by atoms with Gasteiger partial charge in [0.2, 0.25) is 6.79 Å². The first-order valence-corrected chi connectivity index (χ1v) is 5.55. The van der Waals surface area contributed by atoms with Crippen LogP contribution in [0, 0.1) is 0 Å². The summed E-state index contributed by atoms with van der Waals surface area (Å²) >= 11 is 0. The number of benzene rings is 1. The van der Waals surface area contributed by atoms with Crippen molar-refractivity contribution in [3.63, 3.8) is 0 Å². The third kappa shape index (κ3) is 1.35. The zero-order valence-electron chi connectivity index (χ0n) is 9.93. The van der Waals surface area contributed by atoms with E-state index in [2.05, 4.69) is 11.9 Å². The van der Waals surface area contributed by atoms with E-state index in [0.717, 1.165) is 17.1 Å². The third-order valence-corrected chi connectivity index (χ3v) is 3.63. The lowest BCUT2D eigenvalue weighted by atomic mass is 9.91. The van der Waals surface area contributed by atoms with Crippen molar-refractivity contribution in [3.05, 3.63) is 23.8 Å². The van der Waals surface area contributed by atoms with Gasteiger partial charge < -0.3 is 20.1 Å². The van der Waals surface area contributed by atoms with Crippen LogP contribution in [-0.4, -0.2) is 31.2 Å². The number of ether oxygens (including phenoxy) is 2. The molecule has 5 heteroatoms. The molecule has 2 N–H and O–H groups in total. The molecule has 0 aliphatic carbocycles. The van der Waals surface area contributed by atoms with Gasteiger partial charge in [-0.25, -0.2) is 0 Å². The third-order valence-electron chi connectivity index (χ3n) is 3.63. The van der Waals surface area contributed by atoms with Crippen LogP contribution in [0.1, 0.15) is 12.5 Å². The highest BCUT2D eigenvalue weighted by molar-refractivity contribution is 5.81. The molecule has 5 nitrogen and oxygen atoms in total. The number of fused-ring (bicyclic) bond motifs is 1. The molecule has 0 fully saturated rings. The summed E-state index contributed by atoms with van der Waals surface area (Å²) in [6, 6.07) is 5.98. The number of nitrogens with zero attached hydrogens (tertiary/aromatic N) is 2. The standard InChI is InChI=1S/C12H15N3O2/c1-12(6-14-11(13)15(12)2)8-3-4-9-10(5-8)17-7-16-9/h3-5H,6-7H2,1-2H3,(H2,13,14). The molecule has 0 saturated heterocycles. The number of rotatable bonds is 1. The summed E-state index contributed by atoms with van der Waals surface area (Å²) in [7, 11) is 1.95. The summed E-state index contributed by atoms with van der Waals surface area (Å²) in [5.41, 5.74) is 6.75. The number of likely N-dealkylation sites (N-methyl/N-ethyl adjacent to an activating group) is 1. The Bertz CT molecular complexity index is 501. The Morgan fingerprint density at radius 1 is 1.35 bits per heavy atom. The van der Waals surface area contributed by atoms with Crippen molar-refractivity contribution < 1.29 is 9.47 Å². The molecule has 17 heavy (non-hydrogen) atoms. The molecule has 0 bridgehead atoms. The van der Waals surface area contributed by atoms with E-state index in [9.17, 15) is 0 Å². The van der Waals surface area contributed by atoms with Crippen LogP contribution in [0.25, 0.3) is 0 Å². The lowest BCUT2D eigenvalue weighted by Gasteiger charge is -2.33. The van der Waals surface area contributed by atoms with Crippen LogP contribution >= 0.6 is 0 Å². The zero-order valence-corrected chi connectivity index (χ0v) is 9.93. The Hall–Kier alpha value is -1.91. The molecule has 2 heterocycles. The minimum atomic E-state index is -0.203. The largest absolute Gasteiger partial charge is 0.454 e. The van der Waals surface area contributed by atoms with Crippen LogP contribution in [0.5, 0.6) is 11.5 Å². The maximum Gasteiger partial charge on any atom is 0.231 e. The van der Waals surface area contributed by atoms with E-state index < -0.39 is 0 Å². The Kier molecular flexibility index (Phi) is 1.98. The van der Waals surface area contributed by atoms with E-state index >= 15 is 0 Å². The number of hydrogen-bond acceptors (Lipinski definition) is 5. The number of guanidine groups is 1. The summed E-state index contributed by atoms with van der Waals surface area (Å²) in [6.07, 6.45) is 0. The number of aliphatic imine (C=N–C) groups is 1. The van der Waals surface area contributed by atoms with E-state index in [-0.39, 0.29) is 5.54 Å².